The molecule has 0 N–H and O–H groups in total. The molecule has 0 aliphatic carbocycles. The minimum atomic E-state index is 0.454. The molecule has 2 aliphatic rings. The van der Waals surface area contributed by atoms with Gasteiger partial charge in [0, 0.05) is 6.61 Å². The number of hydrogen-bond acceptors (Lipinski definition) is 2. The van der Waals surface area contributed by atoms with Crippen molar-refractivity contribution in [3.63, 3.8) is 0 Å². The van der Waals surface area contributed by atoms with Crippen LogP contribution in [0.3, 0.4) is 0 Å². The van der Waals surface area contributed by atoms with Gasteiger partial charge in [0.25, 0.3) is 0 Å². The highest BCUT2D eigenvalue weighted by atomic mass is 16.6. The first-order valence-electron chi connectivity index (χ1n) is 3.20. The van der Waals surface area contributed by atoms with Crippen molar-refractivity contribution in [3.8, 4) is 0 Å². The van der Waals surface area contributed by atoms with Crippen molar-refractivity contribution in [3.05, 3.63) is 0 Å². The third-order valence-electron chi connectivity index (χ3n) is 1.74. The summed E-state index contributed by atoms with van der Waals surface area (Å²) in [6.07, 6.45) is 3.36. The van der Waals surface area contributed by atoms with E-state index in [1.165, 1.54) is 12.8 Å². The largest absolute Gasteiger partial charge is 0.375 e. The minimum Gasteiger partial charge on any atom is -0.375 e. The predicted octanol–water partition coefficient (Wildman–Crippen LogP) is 0.564. The molecule has 0 spiro atoms. The highest BCUT2D eigenvalue weighted by Gasteiger charge is 2.35. The van der Waals surface area contributed by atoms with Gasteiger partial charge in [-0.3, -0.25) is 0 Å². The zero-order valence-electron chi connectivity index (χ0n) is 4.80. The maximum absolute atomic E-state index is 5.35. The number of hydrogen-bond donors (Lipinski definition) is 0. The quantitative estimate of drug-likeness (QED) is 0.465. The van der Waals surface area contributed by atoms with E-state index < -0.39 is 0 Å². The zero-order valence-corrected chi connectivity index (χ0v) is 4.80. The molecule has 2 heteroatoms. The molecule has 0 aromatic carbocycles. The van der Waals surface area contributed by atoms with Crippen molar-refractivity contribution in [2.24, 2.45) is 0 Å². The molecular weight excluding hydrogens is 104 g/mol. The Hall–Kier alpha value is -0.0800. The molecule has 2 unspecified atom stereocenters. The van der Waals surface area contributed by atoms with E-state index in [0.29, 0.717) is 12.2 Å². The highest BCUT2D eigenvalue weighted by Crippen LogP contribution is 2.24. The summed E-state index contributed by atoms with van der Waals surface area (Å²) in [4.78, 5) is 0. The normalized spacial score (nSPS) is 45.0. The average molecular weight is 114 g/mol. The number of epoxide rings is 1. The number of rotatable bonds is 1. The second kappa shape index (κ2) is 1.71. The van der Waals surface area contributed by atoms with Gasteiger partial charge in [0.05, 0.1) is 12.7 Å². The Balaban J connectivity index is 1.86. The molecule has 2 nitrogen and oxygen atoms in total. The smallest absolute Gasteiger partial charge is 0.107 e. The molecule has 0 aromatic heterocycles. The van der Waals surface area contributed by atoms with Gasteiger partial charge in [-0.15, -0.1) is 0 Å². The molecule has 46 valence electrons. The summed E-state index contributed by atoms with van der Waals surface area (Å²) in [6.45, 7) is 1.88. The lowest BCUT2D eigenvalue weighted by Crippen LogP contribution is -2.12. The van der Waals surface area contributed by atoms with Gasteiger partial charge in [-0.05, 0) is 12.8 Å². The molecule has 2 aliphatic heterocycles. The Morgan fingerprint density at radius 1 is 1.12 bits per heavy atom. The van der Waals surface area contributed by atoms with Crippen LogP contribution in [0.1, 0.15) is 12.8 Å². The third-order valence-corrected chi connectivity index (χ3v) is 1.74. The molecule has 0 saturated carbocycles. The maximum atomic E-state index is 5.35. The monoisotopic (exact) mass is 114 g/mol. The molecule has 0 radical (unpaired) electrons. The van der Waals surface area contributed by atoms with Crippen LogP contribution in [0.15, 0.2) is 0 Å². The van der Waals surface area contributed by atoms with Crippen LogP contribution in [0, 0.1) is 0 Å². The van der Waals surface area contributed by atoms with Crippen molar-refractivity contribution in [2.75, 3.05) is 13.2 Å². The molecule has 0 aromatic rings. The Morgan fingerprint density at radius 2 is 2.00 bits per heavy atom. The Kier molecular flexibility index (Phi) is 1.02. The van der Waals surface area contributed by atoms with Gasteiger partial charge in [0.15, 0.2) is 0 Å². The van der Waals surface area contributed by atoms with Gasteiger partial charge >= 0.3 is 0 Å². The zero-order chi connectivity index (χ0) is 5.40. The van der Waals surface area contributed by atoms with E-state index >= 15 is 0 Å². The molecule has 2 rings (SSSR count). The van der Waals surface area contributed by atoms with Crippen molar-refractivity contribution in [1.29, 1.82) is 0 Å². The average Bonchev–Trinajstić information content (AvgIpc) is 2.49. The standard InChI is InChI=1S/C6H10O2/c1-2-5(7-3-1)6-4-8-6/h5-6H,1-4H2. The van der Waals surface area contributed by atoms with Crippen LogP contribution in [-0.4, -0.2) is 25.4 Å². The molecule has 8 heavy (non-hydrogen) atoms. The predicted molar refractivity (Wildman–Crippen MR) is 28.7 cm³/mol. The van der Waals surface area contributed by atoms with Crippen LogP contribution in [0.2, 0.25) is 0 Å². The summed E-state index contributed by atoms with van der Waals surface area (Å²) < 4.78 is 10.4. The van der Waals surface area contributed by atoms with Crippen LogP contribution in [0.5, 0.6) is 0 Å². The van der Waals surface area contributed by atoms with Gasteiger partial charge in [-0.1, -0.05) is 0 Å². The molecule has 2 fully saturated rings. The fraction of sp³-hybridized carbons (Fsp3) is 1.00. The van der Waals surface area contributed by atoms with Crippen LogP contribution >= 0.6 is 0 Å². The lowest BCUT2D eigenvalue weighted by Gasteiger charge is -2.01. The Bertz CT molecular complexity index is 82.5. The first kappa shape index (κ1) is 4.77. The third kappa shape index (κ3) is 0.740. The summed E-state index contributed by atoms with van der Waals surface area (Å²) in [5.74, 6) is 0. The molecule has 0 amide bonds. The van der Waals surface area contributed by atoms with E-state index in [-0.39, 0.29) is 0 Å². The van der Waals surface area contributed by atoms with E-state index in [2.05, 4.69) is 0 Å². The van der Waals surface area contributed by atoms with E-state index in [1.807, 2.05) is 0 Å². The summed E-state index contributed by atoms with van der Waals surface area (Å²) >= 11 is 0. The van der Waals surface area contributed by atoms with Crippen molar-refractivity contribution in [2.45, 2.75) is 25.0 Å². The first-order chi connectivity index (χ1) is 3.97. The van der Waals surface area contributed by atoms with E-state index in [0.717, 1.165) is 13.2 Å². The lowest BCUT2D eigenvalue weighted by molar-refractivity contribution is 0.0858. The first-order valence-corrected chi connectivity index (χ1v) is 3.20. The van der Waals surface area contributed by atoms with E-state index in [1.54, 1.807) is 0 Å². The van der Waals surface area contributed by atoms with Crippen molar-refractivity contribution < 1.29 is 9.47 Å². The summed E-state index contributed by atoms with van der Waals surface area (Å²) in [7, 11) is 0. The van der Waals surface area contributed by atoms with E-state index in [9.17, 15) is 0 Å². The van der Waals surface area contributed by atoms with Crippen LogP contribution in [0.25, 0.3) is 0 Å². The van der Waals surface area contributed by atoms with Gasteiger partial charge in [-0.2, -0.15) is 0 Å². The van der Waals surface area contributed by atoms with E-state index in [4.69, 9.17) is 9.47 Å². The summed E-state index contributed by atoms with van der Waals surface area (Å²) in [5, 5.41) is 0. The summed E-state index contributed by atoms with van der Waals surface area (Å²) in [5.41, 5.74) is 0. The van der Waals surface area contributed by atoms with Gasteiger partial charge in [0.1, 0.15) is 6.10 Å². The number of ether oxygens (including phenoxy) is 2. The Morgan fingerprint density at radius 3 is 2.50 bits per heavy atom. The SMILES string of the molecule is C1COC(C2CO2)C1. The topological polar surface area (TPSA) is 21.8 Å². The fourth-order valence-electron chi connectivity index (χ4n) is 1.17. The van der Waals surface area contributed by atoms with Gasteiger partial charge in [-0.25, -0.2) is 0 Å². The molecular formula is C6H10O2. The van der Waals surface area contributed by atoms with Crippen LogP contribution in [-0.2, 0) is 9.47 Å². The molecule has 2 heterocycles. The second-order valence-corrected chi connectivity index (χ2v) is 2.42. The maximum Gasteiger partial charge on any atom is 0.107 e. The summed E-state index contributed by atoms with van der Waals surface area (Å²) in [6, 6.07) is 0. The second-order valence-electron chi connectivity index (χ2n) is 2.42. The molecule has 2 atom stereocenters. The van der Waals surface area contributed by atoms with Gasteiger partial charge in [0.2, 0.25) is 0 Å². The van der Waals surface area contributed by atoms with Gasteiger partial charge < -0.3 is 9.47 Å². The fourth-order valence-corrected chi connectivity index (χ4v) is 1.17. The lowest BCUT2D eigenvalue weighted by atomic mass is 10.2. The van der Waals surface area contributed by atoms with Crippen LogP contribution < -0.4 is 0 Å². The molecule has 0 bridgehead atoms. The Labute approximate surface area is 48.8 Å². The van der Waals surface area contributed by atoms with Crippen LogP contribution in [0.4, 0.5) is 0 Å². The highest BCUT2D eigenvalue weighted by molar-refractivity contribution is 4.82. The minimum absolute atomic E-state index is 0.454. The van der Waals surface area contributed by atoms with Crippen molar-refractivity contribution in [1.82, 2.24) is 0 Å². The molecule has 2 saturated heterocycles. The van der Waals surface area contributed by atoms with Crippen molar-refractivity contribution >= 4 is 0 Å².